The van der Waals surface area contributed by atoms with Gasteiger partial charge in [0.05, 0.1) is 33.2 Å². The average molecular weight is 562 g/mol. The fraction of sp³-hybridized carbons (Fsp3) is 0.107. The second-order valence-corrected chi connectivity index (χ2v) is 9.02. The minimum absolute atomic E-state index is 0.0443. The highest BCUT2D eigenvalue weighted by Crippen LogP contribution is 2.29. The largest absolute Gasteiger partial charge is 0.417 e. The molecule has 2 aromatic carbocycles. The van der Waals surface area contributed by atoms with E-state index < -0.39 is 17.8 Å². The minimum Gasteiger partial charge on any atom is -0.382 e. The van der Waals surface area contributed by atoms with Crippen molar-refractivity contribution in [2.45, 2.75) is 19.1 Å². The molecule has 12 heteroatoms. The van der Waals surface area contributed by atoms with Gasteiger partial charge < -0.3 is 11.1 Å². The Morgan fingerprint density at radius 2 is 1.77 bits per heavy atom. The summed E-state index contributed by atoms with van der Waals surface area (Å²) in [6, 6.07) is 15.5. The lowest BCUT2D eigenvalue weighted by Crippen LogP contribution is -2.27. The van der Waals surface area contributed by atoms with Crippen molar-refractivity contribution in [1.82, 2.24) is 24.5 Å². The third kappa shape index (κ3) is 5.30. The van der Waals surface area contributed by atoms with Crippen LogP contribution in [0.15, 0.2) is 78.0 Å². The number of halogens is 4. The topological polar surface area (TPSA) is 112 Å². The molecule has 3 heterocycles. The van der Waals surface area contributed by atoms with Crippen molar-refractivity contribution < 1.29 is 13.2 Å². The van der Waals surface area contributed by atoms with Gasteiger partial charge in [0.25, 0.3) is 5.56 Å². The van der Waals surface area contributed by atoms with Crippen LogP contribution in [-0.2, 0) is 6.18 Å². The van der Waals surface area contributed by atoms with Crippen molar-refractivity contribution in [2.75, 3.05) is 11.1 Å². The molecule has 0 amide bonds. The highest BCUT2D eigenvalue weighted by Gasteiger charge is 2.30. The Balaban J connectivity index is 1.56. The van der Waals surface area contributed by atoms with E-state index in [4.69, 9.17) is 22.3 Å². The first-order valence-corrected chi connectivity index (χ1v) is 12.2. The highest BCUT2D eigenvalue weighted by molar-refractivity contribution is 6.35. The number of nitrogens with zero attached hydrogens (tertiary/aromatic N) is 5. The number of fused-ring (bicyclic) bond motifs is 1. The molecule has 0 aliphatic carbocycles. The molecule has 0 fully saturated rings. The Labute approximate surface area is 230 Å². The third-order valence-electron chi connectivity index (χ3n) is 5.91. The number of hydrogen-bond acceptors (Lipinski definition) is 7. The van der Waals surface area contributed by atoms with Crippen LogP contribution in [0.4, 0.5) is 24.8 Å². The summed E-state index contributed by atoms with van der Waals surface area (Å²) in [5, 5.41) is 3.76. The van der Waals surface area contributed by atoms with Gasteiger partial charge in [-0.05, 0) is 49.2 Å². The molecule has 0 bridgehead atoms. The molecule has 5 aromatic rings. The van der Waals surface area contributed by atoms with Crippen molar-refractivity contribution in [1.29, 1.82) is 0 Å². The molecule has 3 aromatic heterocycles. The molecule has 1 unspecified atom stereocenters. The van der Waals surface area contributed by atoms with Crippen molar-refractivity contribution in [3.8, 4) is 17.5 Å². The Kier molecular flexibility index (Phi) is 7.11. The zero-order chi connectivity index (χ0) is 28.4. The number of alkyl halides is 3. The molecule has 1 atom stereocenters. The monoisotopic (exact) mass is 561 g/mol. The molecule has 0 saturated heterocycles. The van der Waals surface area contributed by atoms with E-state index >= 15 is 0 Å². The van der Waals surface area contributed by atoms with E-state index in [1.165, 1.54) is 10.9 Å². The minimum atomic E-state index is -4.51. The van der Waals surface area contributed by atoms with Gasteiger partial charge in [0.2, 0.25) is 0 Å². The highest BCUT2D eigenvalue weighted by atomic mass is 35.5. The molecule has 0 aliphatic heterocycles. The molecule has 5 rings (SSSR count). The van der Waals surface area contributed by atoms with E-state index in [1.807, 2.05) is 6.07 Å². The van der Waals surface area contributed by atoms with Crippen molar-refractivity contribution in [3.05, 3.63) is 111 Å². The van der Waals surface area contributed by atoms with Gasteiger partial charge in [-0.3, -0.25) is 9.36 Å². The van der Waals surface area contributed by atoms with Crippen LogP contribution in [0.2, 0.25) is 5.02 Å². The summed E-state index contributed by atoms with van der Waals surface area (Å²) in [6.07, 6.45) is -2.56. The van der Waals surface area contributed by atoms with E-state index in [-0.39, 0.29) is 38.9 Å². The predicted molar refractivity (Wildman–Crippen MR) is 146 cm³/mol. The maximum absolute atomic E-state index is 13.7. The number of nitrogen functional groups attached to an aromatic ring is 1. The number of pyridine rings is 1. The first-order chi connectivity index (χ1) is 19.1. The van der Waals surface area contributed by atoms with E-state index in [9.17, 15) is 18.0 Å². The van der Waals surface area contributed by atoms with Gasteiger partial charge in [-0.2, -0.15) is 13.2 Å². The molecule has 8 nitrogen and oxygen atoms in total. The summed E-state index contributed by atoms with van der Waals surface area (Å²) in [4.78, 5) is 30.4. The van der Waals surface area contributed by atoms with Gasteiger partial charge in [0, 0.05) is 6.20 Å². The molecule has 200 valence electrons. The van der Waals surface area contributed by atoms with Crippen LogP contribution in [0.5, 0.6) is 0 Å². The number of para-hydroxylation sites is 1. The summed E-state index contributed by atoms with van der Waals surface area (Å²) in [5.41, 5.74) is 6.14. The third-order valence-corrected chi connectivity index (χ3v) is 6.23. The van der Waals surface area contributed by atoms with Gasteiger partial charge in [0.15, 0.2) is 0 Å². The van der Waals surface area contributed by atoms with Crippen LogP contribution in [0.3, 0.4) is 0 Å². The summed E-state index contributed by atoms with van der Waals surface area (Å²) in [5.74, 6) is 6.14. The standard InChI is InChI=1S/C28H19ClF3N7O/c1-16(26-38-22-9-5-8-21(29)23(22)27(40)39(26)19-6-3-2-4-7-19)37-25-20(24(33)35-15-36-25)13-12-18-11-10-17(14-34-18)28(30,31)32/h2-11,14-16H,1H3,(H3,33,35,36,37). The molecule has 0 radical (unpaired) electrons. The number of benzene rings is 2. The van der Waals surface area contributed by atoms with Gasteiger partial charge in [-0.25, -0.2) is 19.9 Å². The van der Waals surface area contributed by atoms with Crippen LogP contribution in [0.1, 0.15) is 35.6 Å². The lowest BCUT2D eigenvalue weighted by molar-refractivity contribution is -0.137. The summed E-state index contributed by atoms with van der Waals surface area (Å²) < 4.78 is 40.0. The summed E-state index contributed by atoms with van der Waals surface area (Å²) in [6.45, 7) is 1.78. The van der Waals surface area contributed by atoms with Crippen molar-refractivity contribution >= 4 is 34.1 Å². The predicted octanol–water partition coefficient (Wildman–Crippen LogP) is 5.40. The lowest BCUT2D eigenvalue weighted by atomic mass is 10.2. The lowest BCUT2D eigenvalue weighted by Gasteiger charge is -2.21. The second kappa shape index (κ2) is 10.7. The van der Waals surface area contributed by atoms with Gasteiger partial charge in [0.1, 0.15) is 35.0 Å². The van der Waals surface area contributed by atoms with Crippen LogP contribution >= 0.6 is 11.6 Å². The quantitative estimate of drug-likeness (QED) is 0.283. The van der Waals surface area contributed by atoms with Crippen LogP contribution in [0.25, 0.3) is 16.6 Å². The number of aromatic nitrogens is 5. The van der Waals surface area contributed by atoms with E-state index in [1.54, 1.807) is 49.4 Å². The number of nitrogens with one attached hydrogen (secondary N) is 1. The maximum atomic E-state index is 13.7. The molecular formula is C28H19ClF3N7O. The van der Waals surface area contributed by atoms with E-state index in [0.717, 1.165) is 12.1 Å². The fourth-order valence-corrected chi connectivity index (χ4v) is 4.24. The number of rotatable bonds is 4. The summed E-state index contributed by atoms with van der Waals surface area (Å²) in [7, 11) is 0. The van der Waals surface area contributed by atoms with E-state index in [2.05, 4.69) is 32.1 Å². The molecular weight excluding hydrogens is 543 g/mol. The van der Waals surface area contributed by atoms with Gasteiger partial charge >= 0.3 is 6.18 Å². The SMILES string of the molecule is CC(Nc1ncnc(N)c1C#Cc1ccc(C(F)(F)F)cn1)c1nc2cccc(Cl)c2c(=O)n1-c1ccccc1. The average Bonchev–Trinajstić information content (AvgIpc) is 2.93. The first-order valence-electron chi connectivity index (χ1n) is 11.8. The smallest absolute Gasteiger partial charge is 0.382 e. The number of nitrogens with two attached hydrogens (primary N) is 1. The first kappa shape index (κ1) is 26.6. The zero-order valence-electron chi connectivity index (χ0n) is 20.7. The molecule has 3 N–H and O–H groups in total. The Morgan fingerprint density at radius 1 is 1.00 bits per heavy atom. The van der Waals surface area contributed by atoms with E-state index in [0.29, 0.717) is 23.2 Å². The number of hydrogen-bond donors (Lipinski definition) is 2. The fourth-order valence-electron chi connectivity index (χ4n) is 3.99. The summed E-state index contributed by atoms with van der Waals surface area (Å²) >= 11 is 6.36. The molecule has 0 saturated carbocycles. The Hall–Kier alpha value is -4.95. The molecule has 40 heavy (non-hydrogen) atoms. The normalized spacial score (nSPS) is 12.0. The van der Waals surface area contributed by atoms with Crippen LogP contribution in [-0.4, -0.2) is 24.5 Å². The van der Waals surface area contributed by atoms with Crippen LogP contribution < -0.4 is 16.6 Å². The Morgan fingerprint density at radius 3 is 2.48 bits per heavy atom. The molecule has 0 spiro atoms. The zero-order valence-corrected chi connectivity index (χ0v) is 21.5. The van der Waals surface area contributed by atoms with Crippen molar-refractivity contribution in [3.63, 3.8) is 0 Å². The van der Waals surface area contributed by atoms with Crippen LogP contribution in [0, 0.1) is 11.8 Å². The van der Waals surface area contributed by atoms with Gasteiger partial charge in [-0.1, -0.05) is 41.8 Å². The van der Waals surface area contributed by atoms with Crippen molar-refractivity contribution in [2.24, 2.45) is 0 Å². The number of anilines is 2. The maximum Gasteiger partial charge on any atom is 0.417 e. The van der Waals surface area contributed by atoms with Gasteiger partial charge in [-0.15, -0.1) is 0 Å². The second-order valence-electron chi connectivity index (χ2n) is 8.61. The Bertz CT molecular complexity index is 1830. The molecule has 0 aliphatic rings.